The zero-order chi connectivity index (χ0) is 25.8. The van der Waals surface area contributed by atoms with E-state index >= 15 is 0 Å². The highest BCUT2D eigenvalue weighted by Crippen LogP contribution is 2.08. The van der Waals surface area contributed by atoms with E-state index in [1.807, 2.05) is 0 Å². The lowest BCUT2D eigenvalue weighted by atomic mass is 10.0. The normalized spacial score (nSPS) is 14.4. The Balaban J connectivity index is 3.00. The Labute approximate surface area is 197 Å². The molecule has 0 saturated carbocycles. The number of benzene rings is 1. The third kappa shape index (κ3) is 9.55. The van der Waals surface area contributed by atoms with Gasteiger partial charge in [-0.25, -0.2) is 4.79 Å². The summed E-state index contributed by atoms with van der Waals surface area (Å²) in [5, 5.41) is 25.8. The summed E-state index contributed by atoms with van der Waals surface area (Å²) in [6.45, 7) is 2.67. The molecule has 0 aromatic heterocycles. The van der Waals surface area contributed by atoms with E-state index in [4.69, 9.17) is 16.6 Å². The van der Waals surface area contributed by atoms with Crippen molar-refractivity contribution in [2.45, 2.75) is 57.3 Å². The van der Waals surface area contributed by atoms with Gasteiger partial charge < -0.3 is 37.6 Å². The molecule has 1 aromatic carbocycles. The minimum Gasteiger partial charge on any atom is -0.480 e. The van der Waals surface area contributed by atoms with E-state index in [1.54, 1.807) is 44.2 Å². The van der Waals surface area contributed by atoms with E-state index in [-0.39, 0.29) is 19.3 Å². The number of hydrogen-bond acceptors (Lipinski definition) is 7. The molecule has 0 aliphatic carbocycles. The van der Waals surface area contributed by atoms with Crippen LogP contribution in [0.15, 0.2) is 30.3 Å². The van der Waals surface area contributed by atoms with Gasteiger partial charge in [-0.15, -0.1) is 0 Å². The Morgan fingerprint density at radius 2 is 1.50 bits per heavy atom. The molecule has 34 heavy (non-hydrogen) atoms. The summed E-state index contributed by atoms with van der Waals surface area (Å²) in [6, 6.07) is 3.73. The lowest BCUT2D eigenvalue weighted by Gasteiger charge is -2.26. The van der Waals surface area contributed by atoms with Crippen LogP contribution in [0.1, 0.15) is 32.3 Å². The highest BCUT2D eigenvalue weighted by molar-refractivity contribution is 5.94. The largest absolute Gasteiger partial charge is 0.480 e. The predicted molar refractivity (Wildman–Crippen MR) is 122 cm³/mol. The third-order valence-electron chi connectivity index (χ3n) is 4.99. The molecule has 0 aliphatic rings. The maximum Gasteiger partial charge on any atom is 0.326 e. The van der Waals surface area contributed by atoms with E-state index < -0.39 is 66.3 Å². The van der Waals surface area contributed by atoms with Crippen molar-refractivity contribution in [3.05, 3.63) is 35.9 Å². The zero-order valence-electron chi connectivity index (χ0n) is 19.2. The van der Waals surface area contributed by atoms with Crippen LogP contribution in [0.3, 0.4) is 0 Å². The van der Waals surface area contributed by atoms with Crippen LogP contribution in [-0.4, -0.2) is 70.6 Å². The molecule has 0 heterocycles. The molecular formula is C22H33N5O7. The van der Waals surface area contributed by atoms with Gasteiger partial charge in [0.15, 0.2) is 0 Å². The van der Waals surface area contributed by atoms with Gasteiger partial charge in [-0.2, -0.15) is 0 Å². The average Bonchev–Trinajstić information content (AvgIpc) is 2.78. The van der Waals surface area contributed by atoms with Crippen LogP contribution in [0.25, 0.3) is 0 Å². The van der Waals surface area contributed by atoms with Gasteiger partial charge in [-0.05, 0) is 17.9 Å². The van der Waals surface area contributed by atoms with Gasteiger partial charge in [-0.3, -0.25) is 19.2 Å². The molecule has 12 heteroatoms. The summed E-state index contributed by atoms with van der Waals surface area (Å²) in [5.74, 6) is -4.73. The predicted octanol–water partition coefficient (Wildman–Crippen LogP) is -1.99. The summed E-state index contributed by atoms with van der Waals surface area (Å²) >= 11 is 0. The SMILES string of the molecule is CC(C)C(NC(=O)C(N)CO)C(=O)NC(CCC(N)=O)C(=O)NC(Cc1ccccc1)C(=O)O. The maximum atomic E-state index is 12.9. The van der Waals surface area contributed by atoms with Gasteiger partial charge in [-0.1, -0.05) is 44.2 Å². The topological polar surface area (TPSA) is 214 Å². The van der Waals surface area contributed by atoms with Gasteiger partial charge in [0, 0.05) is 12.8 Å². The Morgan fingerprint density at radius 1 is 0.912 bits per heavy atom. The van der Waals surface area contributed by atoms with Crippen LogP contribution >= 0.6 is 0 Å². The fourth-order valence-electron chi connectivity index (χ4n) is 3.02. The molecule has 0 radical (unpaired) electrons. The highest BCUT2D eigenvalue weighted by Gasteiger charge is 2.31. The number of aliphatic carboxylic acids is 1. The molecule has 0 fully saturated rings. The molecule has 4 amide bonds. The molecule has 9 N–H and O–H groups in total. The van der Waals surface area contributed by atoms with Crippen LogP contribution in [0.4, 0.5) is 0 Å². The molecule has 4 unspecified atom stereocenters. The average molecular weight is 480 g/mol. The van der Waals surface area contributed by atoms with Crippen LogP contribution in [0.2, 0.25) is 0 Å². The summed E-state index contributed by atoms with van der Waals surface area (Å²) in [6.07, 6.45) is -0.426. The van der Waals surface area contributed by atoms with Crippen molar-refractivity contribution in [1.82, 2.24) is 16.0 Å². The fourth-order valence-corrected chi connectivity index (χ4v) is 3.02. The Hall–Kier alpha value is -3.51. The quantitative estimate of drug-likeness (QED) is 0.158. The number of nitrogens with one attached hydrogen (secondary N) is 3. The van der Waals surface area contributed by atoms with Crippen LogP contribution in [-0.2, 0) is 30.4 Å². The Bertz CT molecular complexity index is 862. The Morgan fingerprint density at radius 3 is 2.00 bits per heavy atom. The highest BCUT2D eigenvalue weighted by atomic mass is 16.4. The van der Waals surface area contributed by atoms with E-state index in [0.717, 1.165) is 0 Å². The number of carbonyl (C=O) groups is 5. The van der Waals surface area contributed by atoms with Crippen molar-refractivity contribution in [3.8, 4) is 0 Å². The minimum absolute atomic E-state index is 0.00211. The van der Waals surface area contributed by atoms with Gasteiger partial charge >= 0.3 is 5.97 Å². The van der Waals surface area contributed by atoms with Crippen LogP contribution in [0.5, 0.6) is 0 Å². The molecule has 0 bridgehead atoms. The van der Waals surface area contributed by atoms with Crippen molar-refractivity contribution < 1.29 is 34.2 Å². The molecular weight excluding hydrogens is 446 g/mol. The van der Waals surface area contributed by atoms with Gasteiger partial charge in [0.1, 0.15) is 24.2 Å². The van der Waals surface area contributed by atoms with Crippen molar-refractivity contribution >= 4 is 29.6 Å². The number of amides is 4. The number of hydrogen-bond donors (Lipinski definition) is 7. The van der Waals surface area contributed by atoms with Gasteiger partial charge in [0.2, 0.25) is 23.6 Å². The molecule has 0 spiro atoms. The third-order valence-corrected chi connectivity index (χ3v) is 4.99. The summed E-state index contributed by atoms with van der Waals surface area (Å²) in [4.78, 5) is 60.8. The molecule has 12 nitrogen and oxygen atoms in total. The van der Waals surface area contributed by atoms with Gasteiger partial charge in [0.25, 0.3) is 0 Å². The summed E-state index contributed by atoms with van der Waals surface area (Å²) in [7, 11) is 0. The smallest absolute Gasteiger partial charge is 0.326 e. The number of aliphatic hydroxyl groups excluding tert-OH is 1. The van der Waals surface area contributed by atoms with Crippen LogP contribution < -0.4 is 27.4 Å². The van der Waals surface area contributed by atoms with Crippen molar-refractivity contribution in [2.75, 3.05) is 6.61 Å². The van der Waals surface area contributed by atoms with Crippen molar-refractivity contribution in [1.29, 1.82) is 0 Å². The molecule has 188 valence electrons. The molecule has 1 aromatic rings. The summed E-state index contributed by atoms with van der Waals surface area (Å²) < 4.78 is 0. The van der Waals surface area contributed by atoms with E-state index in [2.05, 4.69) is 16.0 Å². The number of primary amides is 1. The first-order valence-corrected chi connectivity index (χ1v) is 10.8. The van der Waals surface area contributed by atoms with Gasteiger partial charge in [0.05, 0.1) is 6.61 Å². The van der Waals surface area contributed by atoms with Crippen LogP contribution in [0, 0.1) is 5.92 Å². The second-order valence-corrected chi connectivity index (χ2v) is 8.17. The van der Waals surface area contributed by atoms with E-state index in [0.29, 0.717) is 5.56 Å². The monoisotopic (exact) mass is 479 g/mol. The number of carbonyl (C=O) groups excluding carboxylic acids is 4. The number of carboxylic acids is 1. The fraction of sp³-hybridized carbons (Fsp3) is 0.500. The number of carboxylic acid groups (broad SMARTS) is 1. The van der Waals surface area contributed by atoms with Crippen molar-refractivity contribution in [2.24, 2.45) is 17.4 Å². The van der Waals surface area contributed by atoms with Crippen molar-refractivity contribution in [3.63, 3.8) is 0 Å². The lowest BCUT2D eigenvalue weighted by molar-refractivity contribution is -0.142. The zero-order valence-corrected chi connectivity index (χ0v) is 19.2. The second kappa shape index (κ2) is 13.9. The van der Waals surface area contributed by atoms with E-state index in [9.17, 15) is 29.1 Å². The lowest BCUT2D eigenvalue weighted by Crippen LogP contribution is -2.59. The maximum absolute atomic E-state index is 12.9. The molecule has 1 rings (SSSR count). The van der Waals surface area contributed by atoms with E-state index in [1.165, 1.54) is 0 Å². The second-order valence-electron chi connectivity index (χ2n) is 8.17. The molecule has 4 atom stereocenters. The first-order chi connectivity index (χ1) is 16.0. The molecule has 0 aliphatic heterocycles. The first-order valence-electron chi connectivity index (χ1n) is 10.8. The first kappa shape index (κ1) is 28.5. The molecule has 0 saturated heterocycles. The summed E-state index contributed by atoms with van der Waals surface area (Å²) in [5.41, 5.74) is 11.3. The Kier molecular flexibility index (Phi) is 11.7. The number of nitrogens with two attached hydrogens (primary N) is 2. The standard InChI is InChI=1S/C22H33N5O7/c1-12(2)18(27-19(30)14(23)11-28)21(32)25-15(8-9-17(24)29)20(31)26-16(22(33)34)10-13-6-4-3-5-7-13/h3-7,12,14-16,18,28H,8-11,23H2,1-2H3,(H2,24,29)(H,25,32)(H,26,31)(H,27,30)(H,33,34). The number of aliphatic hydroxyl groups is 1. The number of rotatable bonds is 14. The minimum atomic E-state index is -1.29.